The monoisotopic (exact) mass is 463 g/mol. The van der Waals surface area contributed by atoms with Crippen LogP contribution in [-0.2, 0) is 9.59 Å². The minimum absolute atomic E-state index is 0.257. The Labute approximate surface area is 196 Å². The van der Waals surface area contributed by atoms with Crippen molar-refractivity contribution in [1.29, 1.82) is 0 Å². The fourth-order valence-electron chi connectivity index (χ4n) is 3.08. The van der Waals surface area contributed by atoms with Crippen LogP contribution in [0, 0.1) is 13.8 Å². The summed E-state index contributed by atoms with van der Waals surface area (Å²) in [7, 11) is 0. The summed E-state index contributed by atoms with van der Waals surface area (Å²) in [6.07, 6.45) is 0. The van der Waals surface area contributed by atoms with Gasteiger partial charge in [0.05, 0.1) is 11.3 Å². The molecular weight excluding hydrogens is 442 g/mol. The van der Waals surface area contributed by atoms with E-state index in [0.717, 1.165) is 11.1 Å². The van der Waals surface area contributed by atoms with E-state index >= 15 is 0 Å². The van der Waals surface area contributed by atoms with Crippen LogP contribution in [0.1, 0.15) is 34.0 Å². The molecule has 0 aliphatic heterocycles. The fourth-order valence-corrected chi connectivity index (χ4v) is 3.21. The maximum absolute atomic E-state index is 12.4. The predicted molar refractivity (Wildman–Crippen MR) is 128 cm³/mol. The van der Waals surface area contributed by atoms with Crippen molar-refractivity contribution in [1.82, 2.24) is 5.43 Å². The highest BCUT2D eigenvalue weighted by atomic mass is 35.5. The second-order valence-electron chi connectivity index (χ2n) is 7.36. The van der Waals surface area contributed by atoms with Gasteiger partial charge in [0.25, 0.3) is 0 Å². The van der Waals surface area contributed by atoms with Crippen LogP contribution < -0.4 is 15.5 Å². The van der Waals surface area contributed by atoms with Crippen molar-refractivity contribution in [2.75, 3.05) is 5.32 Å². The van der Waals surface area contributed by atoms with Crippen molar-refractivity contribution < 1.29 is 19.1 Å². The van der Waals surface area contributed by atoms with Gasteiger partial charge in [-0.1, -0.05) is 29.8 Å². The lowest BCUT2D eigenvalue weighted by Crippen LogP contribution is -2.33. The molecule has 0 heterocycles. The number of hydrazone groups is 1. The smallest absolute Gasteiger partial charge is 0.343 e. The number of amides is 2. The van der Waals surface area contributed by atoms with E-state index in [0.29, 0.717) is 27.5 Å². The van der Waals surface area contributed by atoms with Crippen LogP contribution in [0.4, 0.5) is 5.69 Å². The Morgan fingerprint density at radius 3 is 2.18 bits per heavy atom. The number of anilines is 1. The number of halogens is 1. The van der Waals surface area contributed by atoms with Gasteiger partial charge in [-0.3, -0.25) is 9.59 Å². The molecule has 2 amide bonds. The number of ether oxygens (including phenoxy) is 1. The lowest BCUT2D eigenvalue weighted by molar-refractivity contribution is -0.136. The third kappa shape index (κ3) is 6.51. The third-order valence-electron chi connectivity index (χ3n) is 4.57. The second-order valence-corrected chi connectivity index (χ2v) is 7.80. The lowest BCUT2D eigenvalue weighted by Gasteiger charge is -2.10. The molecule has 3 aromatic carbocycles. The minimum Gasteiger partial charge on any atom is -0.422 e. The number of hydrogen-bond acceptors (Lipinski definition) is 5. The van der Waals surface area contributed by atoms with Crippen LogP contribution in [0.5, 0.6) is 5.75 Å². The van der Waals surface area contributed by atoms with Gasteiger partial charge in [0.2, 0.25) is 0 Å². The first kappa shape index (κ1) is 23.7. The summed E-state index contributed by atoms with van der Waals surface area (Å²) in [4.78, 5) is 36.9. The van der Waals surface area contributed by atoms with Crippen LogP contribution in [0.3, 0.4) is 0 Å². The molecule has 2 N–H and O–H groups in total. The lowest BCUT2D eigenvalue weighted by atomic mass is 10.1. The highest BCUT2D eigenvalue weighted by Gasteiger charge is 2.16. The van der Waals surface area contributed by atoms with E-state index in [4.69, 9.17) is 16.3 Å². The van der Waals surface area contributed by atoms with Crippen molar-refractivity contribution in [3.05, 3.63) is 94.0 Å². The average Bonchev–Trinajstić information content (AvgIpc) is 2.77. The Bertz CT molecular complexity index is 1220. The Morgan fingerprint density at radius 1 is 0.879 bits per heavy atom. The molecule has 3 aromatic rings. The quantitative estimate of drug-likeness (QED) is 0.189. The van der Waals surface area contributed by atoms with E-state index in [-0.39, 0.29) is 5.75 Å². The van der Waals surface area contributed by atoms with E-state index in [1.54, 1.807) is 67.6 Å². The number of esters is 1. The van der Waals surface area contributed by atoms with Crippen molar-refractivity contribution in [2.45, 2.75) is 20.8 Å². The molecule has 168 valence electrons. The van der Waals surface area contributed by atoms with E-state index in [1.165, 1.54) is 0 Å². The molecule has 8 heteroatoms. The Hall–Kier alpha value is -3.97. The Balaban J connectivity index is 1.69. The largest absolute Gasteiger partial charge is 0.422 e. The molecule has 33 heavy (non-hydrogen) atoms. The normalized spacial score (nSPS) is 11.0. The molecule has 0 unspecified atom stereocenters. The van der Waals surface area contributed by atoms with Crippen LogP contribution >= 0.6 is 11.6 Å². The summed E-state index contributed by atoms with van der Waals surface area (Å²) in [6, 6.07) is 18.5. The predicted octanol–water partition coefficient (Wildman–Crippen LogP) is 4.65. The van der Waals surface area contributed by atoms with Crippen LogP contribution in [0.2, 0.25) is 5.02 Å². The van der Waals surface area contributed by atoms with E-state index in [1.807, 2.05) is 19.9 Å². The Kier molecular flexibility index (Phi) is 7.58. The summed E-state index contributed by atoms with van der Waals surface area (Å²) in [5.41, 5.74) is 5.84. The van der Waals surface area contributed by atoms with Gasteiger partial charge in [-0.2, -0.15) is 5.10 Å². The highest BCUT2D eigenvalue weighted by molar-refractivity contribution is 6.39. The second kappa shape index (κ2) is 10.6. The highest BCUT2D eigenvalue weighted by Crippen LogP contribution is 2.21. The average molecular weight is 464 g/mol. The van der Waals surface area contributed by atoms with E-state index in [9.17, 15) is 14.4 Å². The summed E-state index contributed by atoms with van der Waals surface area (Å²) in [6.45, 7) is 5.41. The van der Waals surface area contributed by atoms with Gasteiger partial charge in [-0.25, -0.2) is 10.2 Å². The molecule has 7 nitrogen and oxygen atoms in total. The zero-order valence-corrected chi connectivity index (χ0v) is 19.1. The number of nitrogens with zero attached hydrogens (tertiary/aromatic N) is 1. The topological polar surface area (TPSA) is 96.9 Å². The number of nitrogens with one attached hydrogen (secondary N) is 2. The number of para-hydroxylation sites is 1. The zero-order valence-electron chi connectivity index (χ0n) is 18.3. The van der Waals surface area contributed by atoms with Gasteiger partial charge < -0.3 is 10.1 Å². The van der Waals surface area contributed by atoms with Gasteiger partial charge in [0, 0.05) is 16.3 Å². The van der Waals surface area contributed by atoms with E-state index < -0.39 is 17.8 Å². The number of carbonyl (C=O) groups is 3. The molecule has 0 bridgehead atoms. The van der Waals surface area contributed by atoms with Crippen molar-refractivity contribution in [3.8, 4) is 5.75 Å². The van der Waals surface area contributed by atoms with Crippen LogP contribution in [0.15, 0.2) is 71.8 Å². The molecular formula is C25H22ClN3O4. The van der Waals surface area contributed by atoms with Gasteiger partial charge in [-0.15, -0.1) is 0 Å². The molecule has 0 aliphatic rings. The SMILES string of the molecule is C/C(=N\NC(=O)C(=O)Nc1cc(C)cc(C)c1)c1ccccc1OC(=O)c1ccc(Cl)cc1. The first-order valence-electron chi connectivity index (χ1n) is 10.0. The standard InChI is InChI=1S/C25H22ClN3O4/c1-15-12-16(2)14-20(13-15)27-23(30)24(31)29-28-17(3)21-6-4-5-7-22(21)33-25(32)18-8-10-19(26)11-9-18/h4-14H,1-3H3,(H,27,30)(H,29,31)/b28-17+. The van der Waals surface area contributed by atoms with Crippen LogP contribution in [0.25, 0.3) is 0 Å². The molecule has 0 fully saturated rings. The van der Waals surface area contributed by atoms with Crippen molar-refractivity contribution in [3.63, 3.8) is 0 Å². The zero-order chi connectivity index (χ0) is 24.0. The maximum atomic E-state index is 12.4. The number of carbonyl (C=O) groups excluding carboxylic acids is 3. The number of hydrogen-bond donors (Lipinski definition) is 2. The molecule has 3 rings (SSSR count). The van der Waals surface area contributed by atoms with Gasteiger partial charge in [-0.05, 0) is 80.4 Å². The summed E-state index contributed by atoms with van der Waals surface area (Å²) in [5, 5.41) is 7.05. The van der Waals surface area contributed by atoms with Crippen molar-refractivity contribution in [2.24, 2.45) is 5.10 Å². The van der Waals surface area contributed by atoms with Crippen molar-refractivity contribution >= 4 is 40.8 Å². The van der Waals surface area contributed by atoms with Gasteiger partial charge >= 0.3 is 17.8 Å². The summed E-state index contributed by atoms with van der Waals surface area (Å²) < 4.78 is 5.49. The van der Waals surface area contributed by atoms with Crippen LogP contribution in [-0.4, -0.2) is 23.5 Å². The maximum Gasteiger partial charge on any atom is 0.343 e. The molecule has 0 saturated carbocycles. The van der Waals surface area contributed by atoms with E-state index in [2.05, 4.69) is 15.8 Å². The fraction of sp³-hybridized carbons (Fsp3) is 0.120. The van der Waals surface area contributed by atoms with Gasteiger partial charge in [0.15, 0.2) is 0 Å². The molecule has 0 aromatic heterocycles. The molecule has 0 spiro atoms. The number of aryl methyl sites for hydroxylation is 2. The third-order valence-corrected chi connectivity index (χ3v) is 4.82. The molecule has 0 radical (unpaired) electrons. The minimum atomic E-state index is -0.927. The molecule has 0 saturated heterocycles. The Morgan fingerprint density at radius 2 is 1.52 bits per heavy atom. The summed E-state index contributed by atoms with van der Waals surface area (Å²) in [5.74, 6) is -2.08. The first-order valence-corrected chi connectivity index (χ1v) is 10.4. The van der Waals surface area contributed by atoms with Gasteiger partial charge in [0.1, 0.15) is 5.75 Å². The number of rotatable bonds is 5. The molecule has 0 aliphatic carbocycles. The number of benzene rings is 3. The first-order chi connectivity index (χ1) is 15.7. The summed E-state index contributed by atoms with van der Waals surface area (Å²) >= 11 is 5.85. The molecule has 0 atom stereocenters.